The highest BCUT2D eigenvalue weighted by Gasteiger charge is 2.19. The fourth-order valence-corrected chi connectivity index (χ4v) is 3.37. The number of para-hydroxylation sites is 2. The molecule has 2 N–H and O–H groups in total. The number of carbonyl (C=O) groups is 1. The third-order valence-corrected chi connectivity index (χ3v) is 4.50. The SMILES string of the molecule is O=C(CC1CCCNC1)Nc1ccccc1N1CCCC1. The molecule has 2 aliphatic heterocycles. The number of hydrogen-bond acceptors (Lipinski definition) is 3. The van der Waals surface area contributed by atoms with Crippen LogP contribution in [0.15, 0.2) is 24.3 Å². The van der Waals surface area contributed by atoms with E-state index in [1.165, 1.54) is 24.9 Å². The highest BCUT2D eigenvalue weighted by molar-refractivity contribution is 5.94. The number of anilines is 2. The van der Waals surface area contributed by atoms with Crippen LogP contribution in [0.4, 0.5) is 11.4 Å². The third-order valence-electron chi connectivity index (χ3n) is 4.50. The standard InChI is InChI=1S/C17H25N3O/c21-17(12-14-6-5-9-18-13-14)19-15-7-1-2-8-16(15)20-10-3-4-11-20/h1-2,7-8,14,18H,3-6,9-13H2,(H,19,21). The highest BCUT2D eigenvalue weighted by Crippen LogP contribution is 2.29. The highest BCUT2D eigenvalue weighted by atomic mass is 16.1. The first-order valence-electron chi connectivity index (χ1n) is 8.17. The smallest absolute Gasteiger partial charge is 0.224 e. The molecule has 114 valence electrons. The zero-order chi connectivity index (χ0) is 14.5. The maximum atomic E-state index is 12.3. The van der Waals surface area contributed by atoms with Gasteiger partial charge in [-0.15, -0.1) is 0 Å². The zero-order valence-corrected chi connectivity index (χ0v) is 12.6. The number of piperidine rings is 1. The van der Waals surface area contributed by atoms with E-state index in [-0.39, 0.29) is 5.91 Å². The van der Waals surface area contributed by atoms with Crippen molar-refractivity contribution >= 4 is 17.3 Å². The molecule has 2 fully saturated rings. The van der Waals surface area contributed by atoms with E-state index in [0.29, 0.717) is 12.3 Å². The van der Waals surface area contributed by atoms with Gasteiger partial charge in [0.1, 0.15) is 0 Å². The molecule has 2 heterocycles. The fourth-order valence-electron chi connectivity index (χ4n) is 3.37. The quantitative estimate of drug-likeness (QED) is 0.894. The fraction of sp³-hybridized carbons (Fsp3) is 0.588. The van der Waals surface area contributed by atoms with Crippen LogP contribution < -0.4 is 15.5 Å². The Hall–Kier alpha value is -1.55. The lowest BCUT2D eigenvalue weighted by molar-refractivity contribution is -0.117. The topological polar surface area (TPSA) is 44.4 Å². The molecular weight excluding hydrogens is 262 g/mol. The molecule has 1 aromatic rings. The molecule has 0 saturated carbocycles. The predicted molar refractivity (Wildman–Crippen MR) is 86.7 cm³/mol. The normalized spacial score (nSPS) is 22.3. The Balaban J connectivity index is 1.62. The van der Waals surface area contributed by atoms with Gasteiger partial charge in [-0.1, -0.05) is 12.1 Å². The van der Waals surface area contributed by atoms with Gasteiger partial charge < -0.3 is 15.5 Å². The van der Waals surface area contributed by atoms with E-state index in [9.17, 15) is 4.79 Å². The van der Waals surface area contributed by atoms with E-state index < -0.39 is 0 Å². The van der Waals surface area contributed by atoms with E-state index in [2.05, 4.69) is 21.6 Å². The summed E-state index contributed by atoms with van der Waals surface area (Å²) < 4.78 is 0. The second-order valence-corrected chi connectivity index (χ2v) is 6.18. The lowest BCUT2D eigenvalue weighted by Gasteiger charge is -2.24. The molecule has 2 saturated heterocycles. The van der Waals surface area contributed by atoms with Crippen LogP contribution in [0.25, 0.3) is 0 Å². The van der Waals surface area contributed by atoms with Gasteiger partial charge in [-0.2, -0.15) is 0 Å². The lowest BCUT2D eigenvalue weighted by Crippen LogP contribution is -2.32. The van der Waals surface area contributed by atoms with Crippen LogP contribution in [-0.2, 0) is 4.79 Å². The molecule has 1 atom stereocenters. The summed E-state index contributed by atoms with van der Waals surface area (Å²) in [5.41, 5.74) is 2.14. The molecular formula is C17H25N3O. The van der Waals surface area contributed by atoms with Gasteiger partial charge in [-0.3, -0.25) is 4.79 Å². The van der Waals surface area contributed by atoms with E-state index >= 15 is 0 Å². The van der Waals surface area contributed by atoms with E-state index in [0.717, 1.165) is 38.3 Å². The Kier molecular flexibility index (Phi) is 4.76. The van der Waals surface area contributed by atoms with Gasteiger partial charge in [-0.25, -0.2) is 0 Å². The molecule has 0 aliphatic carbocycles. The maximum Gasteiger partial charge on any atom is 0.224 e. The molecule has 21 heavy (non-hydrogen) atoms. The average molecular weight is 287 g/mol. The van der Waals surface area contributed by atoms with Crippen molar-refractivity contribution in [1.29, 1.82) is 0 Å². The Labute approximate surface area is 126 Å². The van der Waals surface area contributed by atoms with Crippen molar-refractivity contribution in [1.82, 2.24) is 5.32 Å². The molecule has 0 bridgehead atoms. The number of amides is 1. The van der Waals surface area contributed by atoms with E-state index in [4.69, 9.17) is 0 Å². The Morgan fingerprint density at radius 2 is 2.05 bits per heavy atom. The minimum atomic E-state index is 0.148. The maximum absolute atomic E-state index is 12.3. The number of hydrogen-bond donors (Lipinski definition) is 2. The van der Waals surface area contributed by atoms with Crippen LogP contribution in [0.2, 0.25) is 0 Å². The average Bonchev–Trinajstić information content (AvgIpc) is 3.03. The van der Waals surface area contributed by atoms with Gasteiger partial charge in [0.25, 0.3) is 0 Å². The van der Waals surface area contributed by atoms with Crippen LogP contribution in [0.3, 0.4) is 0 Å². The van der Waals surface area contributed by atoms with Crippen LogP contribution in [0.5, 0.6) is 0 Å². The third kappa shape index (κ3) is 3.76. The largest absolute Gasteiger partial charge is 0.370 e. The van der Waals surface area contributed by atoms with Gasteiger partial charge in [-0.05, 0) is 56.8 Å². The summed E-state index contributed by atoms with van der Waals surface area (Å²) in [5.74, 6) is 0.632. The van der Waals surface area contributed by atoms with Gasteiger partial charge in [0.05, 0.1) is 11.4 Å². The van der Waals surface area contributed by atoms with Gasteiger partial charge in [0, 0.05) is 19.5 Å². The summed E-state index contributed by atoms with van der Waals surface area (Å²) in [5, 5.41) is 6.50. The first-order chi connectivity index (χ1) is 10.3. The number of rotatable bonds is 4. The van der Waals surface area contributed by atoms with E-state index in [1.54, 1.807) is 0 Å². The van der Waals surface area contributed by atoms with Gasteiger partial charge in [0.2, 0.25) is 5.91 Å². The zero-order valence-electron chi connectivity index (χ0n) is 12.6. The summed E-state index contributed by atoms with van der Waals surface area (Å²) >= 11 is 0. The molecule has 4 nitrogen and oxygen atoms in total. The molecule has 4 heteroatoms. The Morgan fingerprint density at radius 1 is 1.24 bits per heavy atom. The molecule has 3 rings (SSSR count). The van der Waals surface area contributed by atoms with Crippen molar-refractivity contribution in [2.75, 3.05) is 36.4 Å². The van der Waals surface area contributed by atoms with Crippen LogP contribution in [0, 0.1) is 5.92 Å². The van der Waals surface area contributed by atoms with Crippen molar-refractivity contribution in [3.8, 4) is 0 Å². The van der Waals surface area contributed by atoms with Crippen molar-refractivity contribution < 1.29 is 4.79 Å². The van der Waals surface area contributed by atoms with Crippen LogP contribution in [-0.4, -0.2) is 32.1 Å². The van der Waals surface area contributed by atoms with Gasteiger partial charge in [0.15, 0.2) is 0 Å². The van der Waals surface area contributed by atoms with E-state index in [1.807, 2.05) is 18.2 Å². The van der Waals surface area contributed by atoms with Crippen molar-refractivity contribution in [2.24, 2.45) is 5.92 Å². The predicted octanol–water partition coefficient (Wildman–Crippen LogP) is 2.62. The summed E-state index contributed by atoms with van der Waals surface area (Å²) in [4.78, 5) is 14.7. The second-order valence-electron chi connectivity index (χ2n) is 6.18. The number of nitrogens with one attached hydrogen (secondary N) is 2. The van der Waals surface area contributed by atoms with Gasteiger partial charge >= 0.3 is 0 Å². The molecule has 1 aromatic carbocycles. The van der Waals surface area contributed by atoms with Crippen molar-refractivity contribution in [2.45, 2.75) is 32.1 Å². The molecule has 1 amide bonds. The molecule has 2 aliphatic rings. The lowest BCUT2D eigenvalue weighted by atomic mass is 9.96. The number of nitrogens with zero attached hydrogens (tertiary/aromatic N) is 1. The first-order valence-corrected chi connectivity index (χ1v) is 8.17. The van der Waals surface area contributed by atoms with Crippen LogP contribution >= 0.6 is 0 Å². The molecule has 0 radical (unpaired) electrons. The minimum Gasteiger partial charge on any atom is -0.370 e. The second kappa shape index (κ2) is 6.94. The first kappa shape index (κ1) is 14.4. The molecule has 0 aromatic heterocycles. The van der Waals surface area contributed by atoms with Crippen molar-refractivity contribution in [3.63, 3.8) is 0 Å². The number of carbonyl (C=O) groups excluding carboxylic acids is 1. The summed E-state index contributed by atoms with van der Waals surface area (Å²) in [7, 11) is 0. The number of benzene rings is 1. The van der Waals surface area contributed by atoms with Crippen LogP contribution in [0.1, 0.15) is 32.1 Å². The minimum absolute atomic E-state index is 0.148. The molecule has 0 spiro atoms. The summed E-state index contributed by atoms with van der Waals surface area (Å²) in [6, 6.07) is 8.18. The van der Waals surface area contributed by atoms with Crippen molar-refractivity contribution in [3.05, 3.63) is 24.3 Å². The Morgan fingerprint density at radius 3 is 2.81 bits per heavy atom. The Bertz CT molecular complexity index is 477. The monoisotopic (exact) mass is 287 g/mol. The summed E-state index contributed by atoms with van der Waals surface area (Å²) in [6.07, 6.45) is 5.46. The summed E-state index contributed by atoms with van der Waals surface area (Å²) in [6.45, 7) is 4.26. The molecule has 1 unspecified atom stereocenters.